The minimum atomic E-state index is -1.10. The molecular formula is C13H13NO4S. The van der Waals surface area contributed by atoms with Gasteiger partial charge in [0, 0.05) is 0 Å². The van der Waals surface area contributed by atoms with Gasteiger partial charge in [0.05, 0.1) is 17.5 Å². The van der Waals surface area contributed by atoms with Crippen molar-refractivity contribution < 1.29 is 19.5 Å². The zero-order valence-electron chi connectivity index (χ0n) is 10.3. The summed E-state index contributed by atoms with van der Waals surface area (Å²) in [5.41, 5.74) is 0.231. The highest BCUT2D eigenvalue weighted by atomic mass is 32.1. The molecule has 2 unspecified atom stereocenters. The lowest BCUT2D eigenvalue weighted by Gasteiger charge is -2.16. The van der Waals surface area contributed by atoms with Gasteiger partial charge in [-0.15, -0.1) is 11.3 Å². The van der Waals surface area contributed by atoms with Crippen LogP contribution in [0.25, 0.3) is 0 Å². The average Bonchev–Trinajstić information content (AvgIpc) is 2.99. The van der Waals surface area contributed by atoms with Crippen LogP contribution in [0.2, 0.25) is 0 Å². The lowest BCUT2D eigenvalue weighted by atomic mass is 10.00. The van der Waals surface area contributed by atoms with Crippen molar-refractivity contribution in [1.82, 2.24) is 0 Å². The maximum atomic E-state index is 12.3. The highest BCUT2D eigenvalue weighted by molar-refractivity contribution is 7.12. The van der Waals surface area contributed by atoms with E-state index < -0.39 is 5.97 Å². The maximum absolute atomic E-state index is 12.3. The van der Waals surface area contributed by atoms with E-state index >= 15 is 0 Å². The summed E-state index contributed by atoms with van der Waals surface area (Å²) in [5.74, 6) is -1.71. The van der Waals surface area contributed by atoms with Crippen molar-refractivity contribution >= 4 is 34.8 Å². The fraction of sp³-hybridized carbons (Fsp3) is 0.462. The molecule has 5 nitrogen and oxygen atoms in total. The number of amides is 2. The molecule has 1 aliphatic carbocycles. The third-order valence-electron chi connectivity index (χ3n) is 3.95. The quantitative estimate of drug-likeness (QED) is 0.840. The number of hydrogen-bond donors (Lipinski definition) is 1. The maximum Gasteiger partial charge on any atom is 0.348 e. The normalized spacial score (nSPS) is 29.9. The van der Waals surface area contributed by atoms with Gasteiger partial charge in [0.2, 0.25) is 11.8 Å². The number of nitrogens with zero attached hydrogens (tertiary/aromatic N) is 1. The number of carbonyl (C=O) groups excluding carboxylic acids is 2. The highest BCUT2D eigenvalue weighted by Crippen LogP contribution is 2.45. The second kappa shape index (κ2) is 4.16. The van der Waals surface area contributed by atoms with Gasteiger partial charge in [0.15, 0.2) is 0 Å². The summed E-state index contributed by atoms with van der Waals surface area (Å²) in [6, 6.07) is 1.54. The predicted octanol–water partition coefficient (Wildman–Crippen LogP) is 1.98. The van der Waals surface area contributed by atoms with Gasteiger partial charge in [0.25, 0.3) is 0 Å². The van der Waals surface area contributed by atoms with Gasteiger partial charge in [-0.05, 0) is 30.2 Å². The molecule has 1 saturated carbocycles. The summed E-state index contributed by atoms with van der Waals surface area (Å²) in [6.45, 7) is 2.04. The number of fused-ring (bicyclic) bond motifs is 1. The number of thiophene rings is 1. The Labute approximate surface area is 113 Å². The first-order chi connectivity index (χ1) is 9.00. The predicted molar refractivity (Wildman–Crippen MR) is 69.1 cm³/mol. The van der Waals surface area contributed by atoms with Crippen molar-refractivity contribution in [3.05, 3.63) is 16.3 Å². The molecule has 1 aromatic rings. The lowest BCUT2D eigenvalue weighted by molar-refractivity contribution is -0.123. The van der Waals surface area contributed by atoms with Gasteiger partial charge >= 0.3 is 5.97 Å². The highest BCUT2D eigenvalue weighted by Gasteiger charge is 2.52. The molecule has 100 valence electrons. The number of carboxylic acid groups (broad SMARTS) is 1. The molecule has 1 aromatic heterocycles. The first kappa shape index (κ1) is 12.3. The number of aromatic carboxylic acids is 1. The summed E-state index contributed by atoms with van der Waals surface area (Å²) in [4.78, 5) is 36.9. The second-order valence-electron chi connectivity index (χ2n) is 5.24. The Balaban J connectivity index is 1.99. The Kier molecular flexibility index (Phi) is 2.70. The summed E-state index contributed by atoms with van der Waals surface area (Å²) in [6.07, 6.45) is 1.44. The zero-order chi connectivity index (χ0) is 13.7. The molecule has 0 radical (unpaired) electrons. The molecule has 6 heteroatoms. The van der Waals surface area contributed by atoms with E-state index in [9.17, 15) is 14.4 Å². The molecule has 2 heterocycles. The summed E-state index contributed by atoms with van der Waals surface area (Å²) < 4.78 is 0. The number of anilines is 1. The fourth-order valence-electron chi connectivity index (χ4n) is 3.15. The summed E-state index contributed by atoms with van der Waals surface area (Å²) in [7, 11) is 0. The van der Waals surface area contributed by atoms with Crippen LogP contribution in [0, 0.1) is 17.8 Å². The molecule has 2 fully saturated rings. The zero-order valence-corrected chi connectivity index (χ0v) is 11.1. The van der Waals surface area contributed by atoms with E-state index in [1.165, 1.54) is 6.07 Å². The van der Waals surface area contributed by atoms with Crippen LogP contribution in [0.5, 0.6) is 0 Å². The van der Waals surface area contributed by atoms with Crippen LogP contribution >= 0.6 is 11.3 Å². The third-order valence-corrected chi connectivity index (χ3v) is 4.84. The van der Waals surface area contributed by atoms with E-state index in [1.807, 2.05) is 6.92 Å². The number of hydrogen-bond acceptors (Lipinski definition) is 4. The van der Waals surface area contributed by atoms with Crippen LogP contribution in [0.15, 0.2) is 11.4 Å². The van der Waals surface area contributed by atoms with Gasteiger partial charge in [-0.25, -0.2) is 9.69 Å². The van der Waals surface area contributed by atoms with Crippen molar-refractivity contribution in [2.45, 2.75) is 19.8 Å². The van der Waals surface area contributed by atoms with Crippen LogP contribution in [-0.2, 0) is 9.59 Å². The van der Waals surface area contributed by atoms with E-state index in [1.54, 1.807) is 5.38 Å². The smallest absolute Gasteiger partial charge is 0.348 e. The molecule has 0 aromatic carbocycles. The van der Waals surface area contributed by atoms with Crippen LogP contribution in [0.1, 0.15) is 29.4 Å². The molecule has 0 bridgehead atoms. The summed E-state index contributed by atoms with van der Waals surface area (Å²) in [5, 5.41) is 10.7. The Hall–Kier alpha value is -1.69. The summed E-state index contributed by atoms with van der Waals surface area (Å²) >= 11 is 1.03. The topological polar surface area (TPSA) is 74.7 Å². The number of imide groups is 1. The Morgan fingerprint density at radius 2 is 1.89 bits per heavy atom. The van der Waals surface area contributed by atoms with Crippen molar-refractivity contribution in [1.29, 1.82) is 0 Å². The van der Waals surface area contributed by atoms with Crippen LogP contribution in [-0.4, -0.2) is 22.9 Å². The van der Waals surface area contributed by atoms with E-state index in [0.29, 0.717) is 5.92 Å². The Morgan fingerprint density at radius 1 is 1.32 bits per heavy atom. The monoisotopic (exact) mass is 279 g/mol. The van der Waals surface area contributed by atoms with E-state index in [0.717, 1.165) is 29.1 Å². The largest absolute Gasteiger partial charge is 0.477 e. The minimum Gasteiger partial charge on any atom is -0.477 e. The number of carboxylic acids is 1. The van der Waals surface area contributed by atoms with Gasteiger partial charge < -0.3 is 5.11 Å². The molecular weight excluding hydrogens is 266 g/mol. The van der Waals surface area contributed by atoms with Crippen LogP contribution in [0.4, 0.5) is 5.69 Å². The molecule has 1 N–H and O–H groups in total. The molecule has 2 atom stereocenters. The van der Waals surface area contributed by atoms with Crippen LogP contribution < -0.4 is 4.90 Å². The standard InChI is InChI=1S/C13H13NO4S/c1-6-4-7-8(5-6)12(16)14(11(7)15)9-2-3-19-10(9)13(17)18/h2-3,6-8H,4-5H2,1H3,(H,17,18). The molecule has 19 heavy (non-hydrogen) atoms. The van der Waals surface area contributed by atoms with Crippen molar-refractivity contribution in [2.24, 2.45) is 17.8 Å². The van der Waals surface area contributed by atoms with Gasteiger partial charge in [-0.1, -0.05) is 6.92 Å². The third kappa shape index (κ3) is 1.70. The SMILES string of the molecule is CC1CC2C(=O)N(c3ccsc3C(=O)O)C(=O)C2C1. The molecule has 2 amide bonds. The first-order valence-corrected chi connectivity index (χ1v) is 7.07. The molecule has 2 aliphatic rings. The van der Waals surface area contributed by atoms with Crippen molar-refractivity contribution in [3.8, 4) is 0 Å². The van der Waals surface area contributed by atoms with Crippen LogP contribution in [0.3, 0.4) is 0 Å². The van der Waals surface area contributed by atoms with E-state index in [2.05, 4.69) is 0 Å². The number of carbonyl (C=O) groups is 3. The van der Waals surface area contributed by atoms with Crippen molar-refractivity contribution in [3.63, 3.8) is 0 Å². The van der Waals surface area contributed by atoms with Crippen molar-refractivity contribution in [2.75, 3.05) is 4.90 Å². The molecule has 1 aliphatic heterocycles. The van der Waals surface area contributed by atoms with E-state index in [-0.39, 0.29) is 34.2 Å². The second-order valence-corrected chi connectivity index (χ2v) is 6.16. The fourth-order valence-corrected chi connectivity index (χ4v) is 3.87. The van der Waals surface area contributed by atoms with Gasteiger partial charge in [-0.3, -0.25) is 9.59 Å². The average molecular weight is 279 g/mol. The Morgan fingerprint density at radius 3 is 2.42 bits per heavy atom. The first-order valence-electron chi connectivity index (χ1n) is 6.19. The molecule has 1 saturated heterocycles. The van der Waals surface area contributed by atoms with Gasteiger partial charge in [0.1, 0.15) is 4.88 Å². The van der Waals surface area contributed by atoms with E-state index in [4.69, 9.17) is 5.11 Å². The molecule has 0 spiro atoms. The molecule has 3 rings (SSSR count). The van der Waals surface area contributed by atoms with Gasteiger partial charge in [-0.2, -0.15) is 0 Å². The Bertz CT molecular complexity index is 555. The minimum absolute atomic E-state index is 0.0507. The number of rotatable bonds is 2. The lowest BCUT2D eigenvalue weighted by Crippen LogP contribution is -2.32.